The molecule has 1 unspecified atom stereocenters. The Hall–Kier alpha value is -1.78. The van der Waals surface area contributed by atoms with Crippen molar-refractivity contribution in [3.63, 3.8) is 0 Å². The van der Waals surface area contributed by atoms with Crippen LogP contribution in [0, 0.1) is 5.92 Å². The average molecular weight is 362 g/mol. The van der Waals surface area contributed by atoms with Gasteiger partial charge in [-0.3, -0.25) is 4.98 Å². The summed E-state index contributed by atoms with van der Waals surface area (Å²) in [6.45, 7) is 4.88. The van der Waals surface area contributed by atoms with Crippen molar-refractivity contribution in [1.82, 2.24) is 4.98 Å². The number of hydrogen-bond donors (Lipinski definition) is 1. The molecule has 25 heavy (non-hydrogen) atoms. The van der Waals surface area contributed by atoms with E-state index in [1.807, 2.05) is 24.3 Å². The molecule has 2 aromatic rings. The molecule has 1 N–H and O–H groups in total. The number of halogens is 1. The molecule has 5 heteroatoms. The molecule has 0 aliphatic carbocycles. The molecule has 1 aromatic carbocycles. The lowest BCUT2D eigenvalue weighted by atomic mass is 9.87. The number of aromatic nitrogens is 1. The van der Waals surface area contributed by atoms with Crippen molar-refractivity contribution in [3.8, 4) is 22.6 Å². The Morgan fingerprint density at radius 1 is 1.28 bits per heavy atom. The van der Waals surface area contributed by atoms with E-state index in [9.17, 15) is 5.11 Å². The van der Waals surface area contributed by atoms with Crippen molar-refractivity contribution in [2.45, 2.75) is 32.3 Å². The molecule has 0 amide bonds. The second-order valence-electron chi connectivity index (χ2n) is 6.85. The van der Waals surface area contributed by atoms with Crippen molar-refractivity contribution < 1.29 is 14.6 Å². The summed E-state index contributed by atoms with van der Waals surface area (Å²) >= 11 is 6.16. The number of aliphatic hydroxyl groups excluding tert-OH is 1. The van der Waals surface area contributed by atoms with Crippen molar-refractivity contribution in [1.29, 1.82) is 0 Å². The summed E-state index contributed by atoms with van der Waals surface area (Å²) in [5.41, 5.74) is 1.78. The summed E-state index contributed by atoms with van der Waals surface area (Å²) in [6.07, 6.45) is 5.61. The minimum absolute atomic E-state index is 0.140. The van der Waals surface area contributed by atoms with E-state index in [-0.39, 0.29) is 12.5 Å². The van der Waals surface area contributed by atoms with Gasteiger partial charge in [0.1, 0.15) is 11.5 Å². The van der Waals surface area contributed by atoms with E-state index in [4.69, 9.17) is 21.1 Å². The van der Waals surface area contributed by atoms with Crippen molar-refractivity contribution in [3.05, 3.63) is 42.2 Å². The first kappa shape index (κ1) is 18.0. The van der Waals surface area contributed by atoms with Crippen LogP contribution in [0.1, 0.15) is 32.3 Å². The van der Waals surface area contributed by atoms with Gasteiger partial charge in [0.05, 0.1) is 19.1 Å². The van der Waals surface area contributed by atoms with Crippen LogP contribution >= 0.6 is 11.6 Å². The minimum Gasteiger partial charge on any atom is -0.493 e. The molecule has 1 atom stereocenters. The van der Waals surface area contributed by atoms with Crippen LogP contribution in [-0.2, 0) is 5.60 Å². The summed E-state index contributed by atoms with van der Waals surface area (Å²) < 4.78 is 12.0. The Morgan fingerprint density at radius 2 is 2.12 bits per heavy atom. The Balaban J connectivity index is 1.88. The van der Waals surface area contributed by atoms with Crippen LogP contribution in [0.25, 0.3) is 11.1 Å². The van der Waals surface area contributed by atoms with Gasteiger partial charge < -0.3 is 14.6 Å². The van der Waals surface area contributed by atoms with E-state index in [2.05, 4.69) is 18.8 Å². The van der Waals surface area contributed by atoms with E-state index in [1.165, 1.54) is 0 Å². The highest BCUT2D eigenvalue weighted by Gasteiger charge is 2.40. The van der Waals surface area contributed by atoms with Gasteiger partial charge in [-0.25, -0.2) is 0 Å². The van der Waals surface area contributed by atoms with Gasteiger partial charge in [-0.2, -0.15) is 0 Å². The predicted octanol–water partition coefficient (Wildman–Crippen LogP) is 4.38. The first-order chi connectivity index (χ1) is 12.1. The predicted molar refractivity (Wildman–Crippen MR) is 99.4 cm³/mol. The van der Waals surface area contributed by atoms with E-state index < -0.39 is 5.60 Å². The molecule has 134 valence electrons. The highest BCUT2D eigenvalue weighted by molar-refractivity contribution is 6.18. The first-order valence-corrected chi connectivity index (χ1v) is 9.20. The molecule has 3 rings (SSSR count). The number of alkyl halides is 1. The lowest BCUT2D eigenvalue weighted by Crippen LogP contribution is -2.41. The van der Waals surface area contributed by atoms with Gasteiger partial charge in [0.2, 0.25) is 0 Å². The van der Waals surface area contributed by atoms with Crippen LogP contribution in [-0.4, -0.2) is 29.2 Å². The van der Waals surface area contributed by atoms with E-state index in [1.54, 1.807) is 12.4 Å². The number of nitrogens with zero attached hydrogens (tertiary/aromatic N) is 1. The average Bonchev–Trinajstić information content (AvgIpc) is 2.64. The zero-order chi connectivity index (χ0) is 17.9. The van der Waals surface area contributed by atoms with Gasteiger partial charge >= 0.3 is 0 Å². The molecule has 0 fully saturated rings. The Kier molecular flexibility index (Phi) is 5.50. The third-order valence-corrected chi connectivity index (χ3v) is 4.96. The van der Waals surface area contributed by atoms with Gasteiger partial charge in [0.25, 0.3) is 0 Å². The molecular weight excluding hydrogens is 338 g/mol. The molecule has 4 nitrogen and oxygen atoms in total. The summed E-state index contributed by atoms with van der Waals surface area (Å²) in [6, 6.07) is 7.75. The molecule has 0 spiro atoms. The van der Waals surface area contributed by atoms with Crippen molar-refractivity contribution in [2.24, 2.45) is 5.92 Å². The van der Waals surface area contributed by atoms with Crippen LogP contribution in [0.2, 0.25) is 0 Å². The molecule has 2 heterocycles. The lowest BCUT2D eigenvalue weighted by molar-refractivity contribution is 0.0222. The number of pyridine rings is 1. The third kappa shape index (κ3) is 3.60. The second kappa shape index (κ2) is 7.63. The normalized spacial score (nSPS) is 18.4. The van der Waals surface area contributed by atoms with Gasteiger partial charge in [-0.15, -0.1) is 11.6 Å². The standard InChI is InChI=1S/C20H24ClNO3/c1-14(2)4-3-9-24-15-5-6-17-16-7-8-22-11-18(16)20(12-21,13-23)25-19(17)10-15/h5-8,10-11,14,23H,3-4,9,12-13H2,1-2H3. The number of aliphatic hydroxyl groups is 1. The fourth-order valence-corrected chi connectivity index (χ4v) is 3.38. The van der Waals surface area contributed by atoms with Gasteiger partial charge in [-0.05, 0) is 42.5 Å². The number of hydrogen-bond acceptors (Lipinski definition) is 4. The first-order valence-electron chi connectivity index (χ1n) is 8.67. The van der Waals surface area contributed by atoms with E-state index in [0.717, 1.165) is 35.3 Å². The highest BCUT2D eigenvalue weighted by Crippen LogP contribution is 2.46. The SMILES string of the molecule is CC(C)CCCOc1ccc2c(c1)OC(CO)(CCl)c1cnccc1-2. The number of ether oxygens (including phenoxy) is 2. The zero-order valence-corrected chi connectivity index (χ0v) is 15.4. The quantitative estimate of drug-likeness (QED) is 0.587. The van der Waals surface area contributed by atoms with Crippen molar-refractivity contribution in [2.75, 3.05) is 19.1 Å². The molecular formula is C20H24ClNO3. The molecule has 1 aliphatic heterocycles. The maximum absolute atomic E-state index is 9.94. The molecule has 0 saturated heterocycles. The third-order valence-electron chi connectivity index (χ3n) is 4.53. The van der Waals surface area contributed by atoms with Crippen LogP contribution in [0.4, 0.5) is 0 Å². The fourth-order valence-electron chi connectivity index (χ4n) is 3.10. The maximum atomic E-state index is 9.94. The number of rotatable bonds is 7. The zero-order valence-electron chi connectivity index (χ0n) is 14.7. The minimum atomic E-state index is -0.978. The molecule has 1 aliphatic rings. The molecule has 1 aromatic heterocycles. The summed E-state index contributed by atoms with van der Waals surface area (Å²) in [5, 5.41) is 9.94. The van der Waals surface area contributed by atoms with Crippen molar-refractivity contribution >= 4 is 11.6 Å². The maximum Gasteiger partial charge on any atom is 0.172 e. The lowest BCUT2D eigenvalue weighted by Gasteiger charge is -2.37. The Bertz CT molecular complexity index is 729. The summed E-state index contributed by atoms with van der Waals surface area (Å²) in [4.78, 5) is 4.17. The van der Waals surface area contributed by atoms with Gasteiger partial charge in [0.15, 0.2) is 5.60 Å². The Labute approximate surface area is 153 Å². The summed E-state index contributed by atoms with van der Waals surface area (Å²) in [5.74, 6) is 2.26. The van der Waals surface area contributed by atoms with E-state index >= 15 is 0 Å². The number of fused-ring (bicyclic) bond motifs is 3. The molecule has 0 bridgehead atoms. The second-order valence-corrected chi connectivity index (χ2v) is 7.12. The molecule has 0 saturated carbocycles. The topological polar surface area (TPSA) is 51.6 Å². The smallest absolute Gasteiger partial charge is 0.172 e. The van der Waals surface area contributed by atoms with Crippen LogP contribution in [0.3, 0.4) is 0 Å². The molecule has 0 radical (unpaired) electrons. The number of benzene rings is 1. The Morgan fingerprint density at radius 3 is 2.84 bits per heavy atom. The van der Waals surface area contributed by atoms with E-state index in [0.29, 0.717) is 18.3 Å². The van der Waals surface area contributed by atoms with Crippen LogP contribution < -0.4 is 9.47 Å². The van der Waals surface area contributed by atoms with Gasteiger partial charge in [0, 0.05) is 29.6 Å². The van der Waals surface area contributed by atoms with Gasteiger partial charge in [-0.1, -0.05) is 13.8 Å². The summed E-state index contributed by atoms with van der Waals surface area (Å²) in [7, 11) is 0. The monoisotopic (exact) mass is 361 g/mol. The van der Waals surface area contributed by atoms with Crippen LogP contribution in [0.15, 0.2) is 36.7 Å². The highest BCUT2D eigenvalue weighted by atomic mass is 35.5. The fraction of sp³-hybridized carbons (Fsp3) is 0.450. The van der Waals surface area contributed by atoms with Crippen LogP contribution in [0.5, 0.6) is 11.5 Å². The largest absolute Gasteiger partial charge is 0.493 e.